The van der Waals surface area contributed by atoms with E-state index in [0.717, 1.165) is 28.9 Å². The molecule has 0 fully saturated rings. The Morgan fingerprint density at radius 3 is 2.43 bits per heavy atom. The molecule has 2 aromatic carbocycles. The van der Waals surface area contributed by atoms with E-state index in [-0.39, 0.29) is 0 Å². The number of aryl methyl sites for hydroxylation is 1. The first kappa shape index (κ1) is 15.6. The van der Waals surface area contributed by atoms with Crippen molar-refractivity contribution >= 4 is 0 Å². The van der Waals surface area contributed by atoms with Crippen LogP contribution in [-0.2, 0) is 6.42 Å². The molecule has 1 unspecified atom stereocenters. The second-order valence-corrected chi connectivity index (χ2v) is 5.97. The minimum absolute atomic E-state index is 0.608. The van der Waals surface area contributed by atoms with Gasteiger partial charge in [0.1, 0.15) is 11.9 Å². The Kier molecular flexibility index (Phi) is 5.03. The average Bonchev–Trinajstić information content (AvgIpc) is 2.46. The van der Waals surface area contributed by atoms with Gasteiger partial charge < -0.3 is 9.84 Å². The van der Waals surface area contributed by atoms with E-state index in [1.165, 1.54) is 5.56 Å². The van der Waals surface area contributed by atoms with Crippen molar-refractivity contribution in [2.24, 2.45) is 5.92 Å². The first-order chi connectivity index (χ1) is 10.0. The molecule has 0 spiro atoms. The number of aliphatic hydroxyl groups excluding tert-OH is 1. The van der Waals surface area contributed by atoms with Gasteiger partial charge in [-0.2, -0.15) is 0 Å². The SMILES string of the molecule is COc1cc(C(O)c2cccc(CC(C)C)c2)ccc1C. The lowest BCUT2D eigenvalue weighted by Crippen LogP contribution is -2.02. The fourth-order valence-electron chi connectivity index (χ4n) is 2.56. The first-order valence-corrected chi connectivity index (χ1v) is 7.42. The highest BCUT2D eigenvalue weighted by Crippen LogP contribution is 2.28. The smallest absolute Gasteiger partial charge is 0.122 e. The van der Waals surface area contributed by atoms with Crippen LogP contribution in [0, 0.1) is 12.8 Å². The van der Waals surface area contributed by atoms with Crippen molar-refractivity contribution in [2.75, 3.05) is 7.11 Å². The van der Waals surface area contributed by atoms with Gasteiger partial charge >= 0.3 is 0 Å². The standard InChI is InChI=1S/C19H24O2/c1-13(2)10-15-6-5-7-16(11-15)19(20)17-9-8-14(3)18(12-17)21-4/h5-9,11-13,19-20H,10H2,1-4H3. The largest absolute Gasteiger partial charge is 0.496 e. The zero-order valence-electron chi connectivity index (χ0n) is 13.3. The fraction of sp³-hybridized carbons (Fsp3) is 0.368. The maximum absolute atomic E-state index is 10.6. The van der Waals surface area contributed by atoms with Gasteiger partial charge in [-0.3, -0.25) is 0 Å². The van der Waals surface area contributed by atoms with Crippen LogP contribution >= 0.6 is 0 Å². The van der Waals surface area contributed by atoms with E-state index < -0.39 is 6.10 Å². The molecule has 21 heavy (non-hydrogen) atoms. The fourth-order valence-corrected chi connectivity index (χ4v) is 2.56. The van der Waals surface area contributed by atoms with Gasteiger partial charge in [-0.1, -0.05) is 50.2 Å². The van der Waals surface area contributed by atoms with Crippen molar-refractivity contribution in [3.63, 3.8) is 0 Å². The van der Waals surface area contributed by atoms with Crippen molar-refractivity contribution in [3.05, 3.63) is 64.7 Å². The Morgan fingerprint density at radius 2 is 1.76 bits per heavy atom. The van der Waals surface area contributed by atoms with Gasteiger partial charge in [0.05, 0.1) is 7.11 Å². The average molecular weight is 284 g/mol. The van der Waals surface area contributed by atoms with Gasteiger partial charge in [-0.05, 0) is 47.6 Å². The molecule has 1 atom stereocenters. The van der Waals surface area contributed by atoms with Crippen LogP contribution in [0.3, 0.4) is 0 Å². The van der Waals surface area contributed by atoms with Crippen molar-refractivity contribution in [2.45, 2.75) is 33.3 Å². The predicted molar refractivity (Wildman–Crippen MR) is 86.8 cm³/mol. The highest BCUT2D eigenvalue weighted by atomic mass is 16.5. The van der Waals surface area contributed by atoms with Gasteiger partial charge in [0.2, 0.25) is 0 Å². The van der Waals surface area contributed by atoms with Gasteiger partial charge in [-0.25, -0.2) is 0 Å². The lowest BCUT2D eigenvalue weighted by Gasteiger charge is -2.15. The Balaban J connectivity index is 2.29. The van der Waals surface area contributed by atoms with Crippen LogP contribution < -0.4 is 4.74 Å². The maximum Gasteiger partial charge on any atom is 0.122 e. The van der Waals surface area contributed by atoms with Crippen LogP contribution in [0.4, 0.5) is 0 Å². The van der Waals surface area contributed by atoms with Crippen LogP contribution in [-0.4, -0.2) is 12.2 Å². The van der Waals surface area contributed by atoms with E-state index in [1.54, 1.807) is 7.11 Å². The second kappa shape index (κ2) is 6.77. The molecule has 0 aliphatic rings. The van der Waals surface area contributed by atoms with Crippen molar-refractivity contribution in [1.82, 2.24) is 0 Å². The van der Waals surface area contributed by atoms with E-state index in [4.69, 9.17) is 4.74 Å². The third kappa shape index (κ3) is 3.85. The normalized spacial score (nSPS) is 12.5. The molecule has 0 aromatic heterocycles. The summed E-state index contributed by atoms with van der Waals surface area (Å²) >= 11 is 0. The molecule has 112 valence electrons. The first-order valence-electron chi connectivity index (χ1n) is 7.42. The summed E-state index contributed by atoms with van der Waals surface area (Å²) in [4.78, 5) is 0. The molecule has 0 bridgehead atoms. The highest BCUT2D eigenvalue weighted by molar-refractivity contribution is 5.41. The zero-order valence-corrected chi connectivity index (χ0v) is 13.3. The summed E-state index contributed by atoms with van der Waals surface area (Å²) in [5, 5.41) is 10.6. The summed E-state index contributed by atoms with van der Waals surface area (Å²) in [6.45, 7) is 6.40. The molecule has 0 amide bonds. The molecular weight excluding hydrogens is 260 g/mol. The van der Waals surface area contributed by atoms with Crippen LogP contribution in [0.5, 0.6) is 5.75 Å². The molecule has 2 nitrogen and oxygen atoms in total. The lowest BCUT2D eigenvalue weighted by atomic mass is 9.96. The third-order valence-corrected chi connectivity index (χ3v) is 3.66. The molecule has 0 heterocycles. The topological polar surface area (TPSA) is 29.5 Å². The minimum atomic E-state index is -0.619. The van der Waals surface area contributed by atoms with Crippen molar-refractivity contribution in [1.29, 1.82) is 0 Å². The molecule has 0 saturated carbocycles. The molecular formula is C19H24O2. The van der Waals surface area contributed by atoms with E-state index >= 15 is 0 Å². The number of aliphatic hydroxyl groups is 1. The molecule has 0 aliphatic carbocycles. The molecule has 2 aromatic rings. The van der Waals surface area contributed by atoms with Crippen LogP contribution in [0.15, 0.2) is 42.5 Å². The van der Waals surface area contributed by atoms with Gasteiger partial charge in [-0.15, -0.1) is 0 Å². The summed E-state index contributed by atoms with van der Waals surface area (Å²) < 4.78 is 5.34. The highest BCUT2D eigenvalue weighted by Gasteiger charge is 2.13. The quantitative estimate of drug-likeness (QED) is 0.887. The Labute approximate surface area is 127 Å². The van der Waals surface area contributed by atoms with Crippen molar-refractivity contribution in [3.8, 4) is 5.75 Å². The molecule has 2 heteroatoms. The molecule has 0 radical (unpaired) electrons. The number of methoxy groups -OCH3 is 1. The molecule has 2 rings (SSSR count). The van der Waals surface area contributed by atoms with Crippen LogP contribution in [0.25, 0.3) is 0 Å². The molecule has 0 aliphatic heterocycles. The summed E-state index contributed by atoms with van der Waals surface area (Å²) in [5.74, 6) is 1.42. The summed E-state index contributed by atoms with van der Waals surface area (Å²) in [5.41, 5.74) is 4.13. The van der Waals surface area contributed by atoms with Crippen LogP contribution in [0.2, 0.25) is 0 Å². The summed E-state index contributed by atoms with van der Waals surface area (Å²) in [6.07, 6.45) is 0.407. The monoisotopic (exact) mass is 284 g/mol. The maximum atomic E-state index is 10.6. The van der Waals surface area contributed by atoms with Gasteiger partial charge in [0.25, 0.3) is 0 Å². The summed E-state index contributed by atoms with van der Waals surface area (Å²) in [7, 11) is 1.65. The van der Waals surface area contributed by atoms with E-state index in [1.807, 2.05) is 37.3 Å². The number of rotatable bonds is 5. The zero-order chi connectivity index (χ0) is 15.4. The second-order valence-electron chi connectivity index (χ2n) is 5.97. The Hall–Kier alpha value is -1.80. The van der Waals surface area contributed by atoms with Crippen molar-refractivity contribution < 1.29 is 9.84 Å². The molecule has 0 saturated heterocycles. The number of hydrogen-bond donors (Lipinski definition) is 1. The number of ether oxygens (including phenoxy) is 1. The van der Waals surface area contributed by atoms with E-state index in [2.05, 4.69) is 26.0 Å². The third-order valence-electron chi connectivity index (χ3n) is 3.66. The van der Waals surface area contributed by atoms with Crippen LogP contribution in [0.1, 0.15) is 42.2 Å². The number of benzene rings is 2. The molecule has 1 N–H and O–H groups in total. The van der Waals surface area contributed by atoms with E-state index in [9.17, 15) is 5.11 Å². The summed E-state index contributed by atoms with van der Waals surface area (Å²) in [6, 6.07) is 14.0. The van der Waals surface area contributed by atoms with Gasteiger partial charge in [0.15, 0.2) is 0 Å². The van der Waals surface area contributed by atoms with E-state index in [0.29, 0.717) is 5.92 Å². The van der Waals surface area contributed by atoms with Gasteiger partial charge in [0, 0.05) is 0 Å². The minimum Gasteiger partial charge on any atom is -0.496 e. The Morgan fingerprint density at radius 1 is 1.05 bits per heavy atom. The predicted octanol–water partition coefficient (Wildman–Crippen LogP) is 4.28. The number of hydrogen-bond acceptors (Lipinski definition) is 2. The Bertz CT molecular complexity index is 602. The lowest BCUT2D eigenvalue weighted by molar-refractivity contribution is 0.219.